The lowest BCUT2D eigenvalue weighted by Gasteiger charge is -2.61. The van der Waals surface area contributed by atoms with Crippen molar-refractivity contribution >= 4 is 6.47 Å². The Bertz CT molecular complexity index is 632. The summed E-state index contributed by atoms with van der Waals surface area (Å²) < 4.78 is 5.37. The molecule has 4 aliphatic rings. The summed E-state index contributed by atoms with van der Waals surface area (Å²) in [6.45, 7) is 12.9. The number of aliphatic hydroxyl groups excluding tert-OH is 1. The zero-order chi connectivity index (χ0) is 22.4. The fourth-order valence-corrected chi connectivity index (χ4v) is 9.49. The van der Waals surface area contributed by atoms with Gasteiger partial charge in [-0.15, -0.1) is 0 Å². The molecule has 0 aromatic rings. The molecular formula is C28H48O3. The van der Waals surface area contributed by atoms with Gasteiger partial charge in [-0.1, -0.05) is 53.9 Å². The van der Waals surface area contributed by atoms with Crippen LogP contribution in [0.5, 0.6) is 0 Å². The van der Waals surface area contributed by atoms with Crippen molar-refractivity contribution in [2.75, 3.05) is 0 Å². The Morgan fingerprint density at radius 3 is 2.45 bits per heavy atom. The van der Waals surface area contributed by atoms with E-state index in [4.69, 9.17) is 4.74 Å². The van der Waals surface area contributed by atoms with Crippen LogP contribution in [0.2, 0.25) is 0 Å². The first-order valence-electron chi connectivity index (χ1n) is 13.5. The maximum Gasteiger partial charge on any atom is 0.293 e. The van der Waals surface area contributed by atoms with Crippen LogP contribution in [0.4, 0.5) is 0 Å². The minimum absolute atomic E-state index is 0.220. The van der Waals surface area contributed by atoms with Gasteiger partial charge in [0.15, 0.2) is 0 Å². The van der Waals surface area contributed by atoms with Crippen molar-refractivity contribution < 1.29 is 14.6 Å². The van der Waals surface area contributed by atoms with E-state index >= 15 is 0 Å². The van der Waals surface area contributed by atoms with Crippen molar-refractivity contribution in [3.8, 4) is 0 Å². The highest BCUT2D eigenvalue weighted by atomic mass is 16.5. The van der Waals surface area contributed by atoms with Crippen molar-refractivity contribution in [1.29, 1.82) is 0 Å². The Labute approximate surface area is 191 Å². The molecule has 4 rings (SSSR count). The van der Waals surface area contributed by atoms with Crippen molar-refractivity contribution in [2.45, 2.75) is 117 Å². The number of aliphatic hydroxyl groups is 1. The number of carbonyl (C=O) groups is 1. The van der Waals surface area contributed by atoms with Gasteiger partial charge in [0.25, 0.3) is 6.47 Å². The summed E-state index contributed by atoms with van der Waals surface area (Å²) >= 11 is 0. The van der Waals surface area contributed by atoms with Crippen LogP contribution < -0.4 is 0 Å². The minimum Gasteiger partial charge on any atom is -0.462 e. The number of fused-ring (bicyclic) bond motifs is 5. The predicted molar refractivity (Wildman–Crippen MR) is 125 cm³/mol. The summed E-state index contributed by atoms with van der Waals surface area (Å²) in [4.78, 5) is 11.0. The molecule has 10 atom stereocenters. The van der Waals surface area contributed by atoms with Crippen LogP contribution in [-0.4, -0.2) is 23.8 Å². The van der Waals surface area contributed by atoms with E-state index in [2.05, 4.69) is 34.6 Å². The maximum absolute atomic E-state index is 11.0. The molecule has 0 aromatic heterocycles. The van der Waals surface area contributed by atoms with Gasteiger partial charge in [-0.05, 0) is 104 Å². The van der Waals surface area contributed by atoms with E-state index < -0.39 is 6.10 Å². The second kappa shape index (κ2) is 8.99. The Morgan fingerprint density at radius 1 is 1.00 bits per heavy atom. The molecule has 0 radical (unpaired) electrons. The topological polar surface area (TPSA) is 46.5 Å². The molecule has 4 fully saturated rings. The molecule has 0 aliphatic heterocycles. The molecule has 178 valence electrons. The first-order valence-corrected chi connectivity index (χ1v) is 13.5. The van der Waals surface area contributed by atoms with Crippen molar-refractivity contribution in [3.05, 3.63) is 0 Å². The lowest BCUT2D eigenvalue weighted by Crippen LogP contribution is -2.57. The van der Waals surface area contributed by atoms with Crippen LogP contribution in [0, 0.1) is 52.3 Å². The summed E-state index contributed by atoms with van der Waals surface area (Å²) in [6, 6.07) is 0. The minimum atomic E-state index is -0.476. The first kappa shape index (κ1) is 23.6. The van der Waals surface area contributed by atoms with Gasteiger partial charge in [-0.25, -0.2) is 0 Å². The van der Waals surface area contributed by atoms with Crippen molar-refractivity contribution in [2.24, 2.45) is 52.3 Å². The number of hydrogen-bond donors (Lipinski definition) is 1. The molecule has 0 amide bonds. The van der Waals surface area contributed by atoms with Gasteiger partial charge in [-0.2, -0.15) is 0 Å². The molecule has 3 heteroatoms. The molecule has 0 heterocycles. The second-order valence-electron chi connectivity index (χ2n) is 13.0. The summed E-state index contributed by atoms with van der Waals surface area (Å²) in [5.74, 6) is 5.62. The van der Waals surface area contributed by atoms with Crippen LogP contribution >= 0.6 is 0 Å². The van der Waals surface area contributed by atoms with Gasteiger partial charge in [0.2, 0.25) is 0 Å². The Morgan fingerprint density at radius 2 is 1.74 bits per heavy atom. The van der Waals surface area contributed by atoms with Gasteiger partial charge < -0.3 is 9.84 Å². The van der Waals surface area contributed by atoms with Gasteiger partial charge >= 0.3 is 0 Å². The molecule has 0 bridgehead atoms. The van der Waals surface area contributed by atoms with E-state index in [-0.39, 0.29) is 11.5 Å². The van der Waals surface area contributed by atoms with E-state index in [1.807, 2.05) is 0 Å². The summed E-state index contributed by atoms with van der Waals surface area (Å²) in [5, 5.41) is 10.6. The fourth-order valence-electron chi connectivity index (χ4n) is 9.49. The molecule has 3 nitrogen and oxygen atoms in total. The monoisotopic (exact) mass is 432 g/mol. The van der Waals surface area contributed by atoms with Crippen LogP contribution in [0.3, 0.4) is 0 Å². The lowest BCUT2D eigenvalue weighted by atomic mass is 9.44. The Kier molecular flexibility index (Phi) is 6.84. The average molecular weight is 433 g/mol. The summed E-state index contributed by atoms with van der Waals surface area (Å²) in [5.41, 5.74) is 0.743. The molecule has 0 aromatic carbocycles. The fraction of sp³-hybridized carbons (Fsp3) is 0.964. The molecule has 4 aliphatic carbocycles. The third kappa shape index (κ3) is 4.11. The highest BCUT2D eigenvalue weighted by Crippen LogP contribution is 2.68. The van der Waals surface area contributed by atoms with Crippen LogP contribution in [0.25, 0.3) is 0 Å². The van der Waals surface area contributed by atoms with Crippen LogP contribution in [-0.2, 0) is 9.53 Å². The van der Waals surface area contributed by atoms with Gasteiger partial charge in [0.05, 0.1) is 6.10 Å². The van der Waals surface area contributed by atoms with E-state index in [0.29, 0.717) is 17.8 Å². The Hall–Kier alpha value is -0.570. The van der Waals surface area contributed by atoms with E-state index in [9.17, 15) is 9.90 Å². The van der Waals surface area contributed by atoms with Crippen LogP contribution in [0.15, 0.2) is 0 Å². The van der Waals surface area contributed by atoms with E-state index in [1.54, 1.807) is 0 Å². The smallest absolute Gasteiger partial charge is 0.293 e. The van der Waals surface area contributed by atoms with E-state index in [0.717, 1.165) is 48.3 Å². The lowest BCUT2D eigenvalue weighted by molar-refractivity contribution is -0.176. The number of rotatable bonds is 7. The number of ether oxygens (including phenoxy) is 1. The molecule has 1 N–H and O–H groups in total. The first-order chi connectivity index (χ1) is 14.7. The molecular weight excluding hydrogens is 384 g/mol. The SMILES string of the molecule is CC(C)CCC[C@@H](C)[C@H]1CC[C@H]2[C@@H]3CCC4C[C@H](O)[C@@H](OC=O)C[C@]4(C)[C@H]3CC[C@]12C. The maximum atomic E-state index is 11.0. The largest absolute Gasteiger partial charge is 0.462 e. The quantitative estimate of drug-likeness (QED) is 0.460. The number of carbonyl (C=O) groups excluding carboxylic acids is 1. The third-order valence-corrected chi connectivity index (χ3v) is 11.1. The zero-order valence-corrected chi connectivity index (χ0v) is 20.8. The van der Waals surface area contributed by atoms with E-state index in [1.165, 1.54) is 57.8 Å². The molecule has 1 unspecified atom stereocenters. The molecule has 4 saturated carbocycles. The summed E-state index contributed by atoms with van der Waals surface area (Å²) in [7, 11) is 0. The second-order valence-corrected chi connectivity index (χ2v) is 13.0. The predicted octanol–water partition coefficient (Wildman–Crippen LogP) is 6.62. The van der Waals surface area contributed by atoms with Gasteiger partial charge in [-0.3, -0.25) is 4.79 Å². The van der Waals surface area contributed by atoms with Gasteiger partial charge in [0.1, 0.15) is 6.10 Å². The molecule has 0 spiro atoms. The average Bonchev–Trinajstić information content (AvgIpc) is 3.06. The number of hydrogen-bond acceptors (Lipinski definition) is 3. The highest BCUT2D eigenvalue weighted by Gasteiger charge is 2.61. The van der Waals surface area contributed by atoms with Crippen molar-refractivity contribution in [3.63, 3.8) is 0 Å². The van der Waals surface area contributed by atoms with Crippen molar-refractivity contribution in [1.82, 2.24) is 0 Å². The summed E-state index contributed by atoms with van der Waals surface area (Å²) in [6.07, 6.45) is 13.2. The molecule has 0 saturated heterocycles. The van der Waals surface area contributed by atoms with Gasteiger partial charge in [0, 0.05) is 0 Å². The highest BCUT2D eigenvalue weighted by molar-refractivity contribution is 5.37. The van der Waals surface area contributed by atoms with Crippen LogP contribution in [0.1, 0.15) is 105 Å². The third-order valence-electron chi connectivity index (χ3n) is 11.1. The Balaban J connectivity index is 1.48. The standard InChI is InChI=1S/C28H48O3/c1-18(2)7-6-8-19(3)22-11-12-23-21-10-9-20-15-25(30)26(31-17-29)16-28(20,5)24(21)13-14-27(22,23)4/h17-26,30H,6-16H2,1-5H3/t19-,20?,21+,22-,23+,24+,25+,26+,27-,28+/m1/s1. The zero-order valence-electron chi connectivity index (χ0n) is 20.8. The molecule has 31 heavy (non-hydrogen) atoms. The normalized spacial score (nSPS) is 47.9.